The molecule has 0 aromatic heterocycles. The van der Waals surface area contributed by atoms with E-state index in [1.54, 1.807) is 6.92 Å². The summed E-state index contributed by atoms with van der Waals surface area (Å²) in [7, 11) is 0. The molecule has 2 heteroatoms. The van der Waals surface area contributed by atoms with E-state index in [2.05, 4.69) is 6.08 Å². The molecule has 1 aromatic carbocycles. The molecule has 2 aliphatic rings. The number of Topliss-reactive ketones (excluding diaryl/α,β-unsaturated/α-hetero) is 2. The van der Waals surface area contributed by atoms with Gasteiger partial charge < -0.3 is 0 Å². The highest BCUT2D eigenvalue weighted by molar-refractivity contribution is 5.94. The first-order chi connectivity index (χ1) is 10.1. The highest BCUT2D eigenvalue weighted by Crippen LogP contribution is 2.37. The quantitative estimate of drug-likeness (QED) is 0.590. The third kappa shape index (κ3) is 3.05. The summed E-state index contributed by atoms with van der Waals surface area (Å²) in [4.78, 5) is 22.9. The van der Waals surface area contributed by atoms with Crippen molar-refractivity contribution >= 4 is 17.1 Å². The molecule has 0 heterocycles. The van der Waals surface area contributed by atoms with E-state index < -0.39 is 0 Å². The lowest BCUT2D eigenvalue weighted by Gasteiger charge is -2.20. The van der Waals surface area contributed by atoms with Crippen molar-refractivity contribution in [2.24, 2.45) is 0 Å². The molecular formula is C19H20O2. The predicted octanol–water partition coefficient (Wildman–Crippen LogP) is 4.51. The molecule has 0 saturated carbocycles. The van der Waals surface area contributed by atoms with Crippen molar-refractivity contribution in [1.82, 2.24) is 0 Å². The Bertz CT molecular complexity index is 645. The maximum atomic E-state index is 11.6. The summed E-state index contributed by atoms with van der Waals surface area (Å²) >= 11 is 0. The Morgan fingerprint density at radius 1 is 0.952 bits per heavy atom. The molecule has 0 spiro atoms. The van der Waals surface area contributed by atoms with Crippen LogP contribution in [0.3, 0.4) is 0 Å². The lowest BCUT2D eigenvalue weighted by molar-refractivity contribution is -0.118. The van der Waals surface area contributed by atoms with Crippen LogP contribution < -0.4 is 0 Å². The highest BCUT2D eigenvalue weighted by Gasteiger charge is 2.20. The number of rotatable bonds is 2. The molecule has 0 amide bonds. The zero-order valence-electron chi connectivity index (χ0n) is 12.4. The number of ketones is 2. The smallest absolute Gasteiger partial charge is 0.159 e. The Hall–Kier alpha value is -1.96. The Labute approximate surface area is 125 Å². The van der Waals surface area contributed by atoms with Crippen molar-refractivity contribution in [3.8, 4) is 0 Å². The van der Waals surface area contributed by atoms with Gasteiger partial charge in [0.1, 0.15) is 5.78 Å². The first-order valence-electron chi connectivity index (χ1n) is 7.65. The largest absolute Gasteiger partial charge is 0.300 e. The molecule has 0 fully saturated rings. The standard InChI is InChI=1S/C19H20O2/c1-13(20)14-2-4-15(5-3-14)17-7-6-16-8-10-19(21)11-9-18(16)12-17/h2-5,7H,6,8-12H2,1H3. The van der Waals surface area contributed by atoms with Crippen LogP contribution in [0.25, 0.3) is 5.57 Å². The summed E-state index contributed by atoms with van der Waals surface area (Å²) in [6.07, 6.45) is 7.52. The van der Waals surface area contributed by atoms with Crippen LogP contribution in [-0.2, 0) is 4.79 Å². The molecule has 0 N–H and O–H groups in total. The zero-order valence-corrected chi connectivity index (χ0v) is 12.4. The van der Waals surface area contributed by atoms with Crippen molar-refractivity contribution in [3.63, 3.8) is 0 Å². The number of hydrogen-bond donors (Lipinski definition) is 0. The lowest BCUT2D eigenvalue weighted by atomic mass is 9.85. The average Bonchev–Trinajstić information content (AvgIpc) is 2.69. The molecule has 21 heavy (non-hydrogen) atoms. The van der Waals surface area contributed by atoms with Gasteiger partial charge in [0, 0.05) is 18.4 Å². The summed E-state index contributed by atoms with van der Waals surface area (Å²) in [6, 6.07) is 7.88. The van der Waals surface area contributed by atoms with E-state index in [0.717, 1.165) is 37.7 Å². The van der Waals surface area contributed by atoms with E-state index in [0.29, 0.717) is 12.2 Å². The summed E-state index contributed by atoms with van der Waals surface area (Å²) in [5, 5.41) is 0. The minimum Gasteiger partial charge on any atom is -0.300 e. The fourth-order valence-corrected chi connectivity index (χ4v) is 3.21. The van der Waals surface area contributed by atoms with E-state index >= 15 is 0 Å². The average molecular weight is 280 g/mol. The van der Waals surface area contributed by atoms with Crippen LogP contribution in [0.15, 0.2) is 41.5 Å². The van der Waals surface area contributed by atoms with Gasteiger partial charge in [0.15, 0.2) is 5.78 Å². The number of benzene rings is 1. The van der Waals surface area contributed by atoms with Crippen LogP contribution in [-0.4, -0.2) is 11.6 Å². The van der Waals surface area contributed by atoms with Crippen molar-refractivity contribution in [3.05, 3.63) is 52.6 Å². The molecule has 0 aliphatic heterocycles. The van der Waals surface area contributed by atoms with Gasteiger partial charge in [0.2, 0.25) is 0 Å². The topological polar surface area (TPSA) is 34.1 Å². The van der Waals surface area contributed by atoms with Gasteiger partial charge in [-0.2, -0.15) is 0 Å². The molecule has 0 atom stereocenters. The Kier molecular flexibility index (Phi) is 3.87. The van der Waals surface area contributed by atoms with E-state index in [-0.39, 0.29) is 5.78 Å². The minimum atomic E-state index is 0.103. The molecule has 1 aromatic rings. The molecule has 0 unspecified atom stereocenters. The maximum absolute atomic E-state index is 11.6. The third-order valence-corrected chi connectivity index (χ3v) is 4.57. The van der Waals surface area contributed by atoms with Crippen LogP contribution in [0.5, 0.6) is 0 Å². The molecule has 108 valence electrons. The summed E-state index contributed by atoms with van der Waals surface area (Å²) in [6.45, 7) is 1.59. The first kappa shape index (κ1) is 14.0. The number of allylic oxidation sites excluding steroid dienone is 4. The molecule has 3 rings (SSSR count). The third-order valence-electron chi connectivity index (χ3n) is 4.57. The second-order valence-corrected chi connectivity index (χ2v) is 5.99. The van der Waals surface area contributed by atoms with Crippen molar-refractivity contribution in [2.45, 2.75) is 45.4 Å². The summed E-state index contributed by atoms with van der Waals surface area (Å²) in [5.41, 5.74) is 6.23. The van der Waals surface area contributed by atoms with Crippen LogP contribution >= 0.6 is 0 Å². The monoisotopic (exact) mass is 280 g/mol. The fraction of sp³-hybridized carbons (Fsp3) is 0.368. The second-order valence-electron chi connectivity index (χ2n) is 5.99. The van der Waals surface area contributed by atoms with Gasteiger partial charge in [0.25, 0.3) is 0 Å². The fourth-order valence-electron chi connectivity index (χ4n) is 3.21. The van der Waals surface area contributed by atoms with Gasteiger partial charge in [-0.15, -0.1) is 0 Å². The number of carbonyl (C=O) groups excluding carboxylic acids is 2. The van der Waals surface area contributed by atoms with E-state index in [1.807, 2.05) is 24.3 Å². The van der Waals surface area contributed by atoms with Gasteiger partial charge in [-0.1, -0.05) is 41.5 Å². The molecule has 0 saturated heterocycles. The zero-order chi connectivity index (χ0) is 14.8. The molecule has 0 bridgehead atoms. The normalized spacial score (nSPS) is 18.9. The van der Waals surface area contributed by atoms with Crippen LogP contribution in [0.1, 0.15) is 61.4 Å². The van der Waals surface area contributed by atoms with Gasteiger partial charge in [-0.05, 0) is 43.7 Å². The van der Waals surface area contributed by atoms with Crippen LogP contribution in [0.4, 0.5) is 0 Å². The number of hydrogen-bond acceptors (Lipinski definition) is 2. The second kappa shape index (κ2) is 5.80. The highest BCUT2D eigenvalue weighted by atomic mass is 16.1. The van der Waals surface area contributed by atoms with Crippen LogP contribution in [0.2, 0.25) is 0 Å². The van der Waals surface area contributed by atoms with E-state index in [1.165, 1.54) is 22.3 Å². The van der Waals surface area contributed by atoms with Gasteiger partial charge in [-0.25, -0.2) is 0 Å². The van der Waals surface area contributed by atoms with Crippen molar-refractivity contribution < 1.29 is 9.59 Å². The predicted molar refractivity (Wildman–Crippen MR) is 84.2 cm³/mol. The first-order valence-corrected chi connectivity index (χ1v) is 7.65. The molecule has 2 aliphatic carbocycles. The van der Waals surface area contributed by atoms with Crippen molar-refractivity contribution in [2.75, 3.05) is 0 Å². The molecule has 0 radical (unpaired) electrons. The summed E-state index contributed by atoms with van der Waals surface area (Å²) in [5.74, 6) is 0.503. The minimum absolute atomic E-state index is 0.103. The maximum Gasteiger partial charge on any atom is 0.159 e. The Balaban J connectivity index is 1.78. The van der Waals surface area contributed by atoms with Gasteiger partial charge in [0.05, 0.1) is 0 Å². The summed E-state index contributed by atoms with van der Waals surface area (Å²) < 4.78 is 0. The number of carbonyl (C=O) groups is 2. The molecule has 2 nitrogen and oxygen atoms in total. The SMILES string of the molecule is CC(=O)c1ccc(C2=CCC3=C(CCC(=O)CC3)C2)cc1. The van der Waals surface area contributed by atoms with Gasteiger partial charge >= 0.3 is 0 Å². The Morgan fingerprint density at radius 3 is 2.29 bits per heavy atom. The van der Waals surface area contributed by atoms with E-state index in [4.69, 9.17) is 0 Å². The lowest BCUT2D eigenvalue weighted by Crippen LogP contribution is -2.00. The Morgan fingerprint density at radius 2 is 1.62 bits per heavy atom. The van der Waals surface area contributed by atoms with Crippen LogP contribution in [0, 0.1) is 0 Å². The van der Waals surface area contributed by atoms with E-state index in [9.17, 15) is 9.59 Å². The molecular weight excluding hydrogens is 260 g/mol. The van der Waals surface area contributed by atoms with Gasteiger partial charge in [-0.3, -0.25) is 9.59 Å². The van der Waals surface area contributed by atoms with Crippen molar-refractivity contribution in [1.29, 1.82) is 0 Å².